The lowest BCUT2D eigenvalue weighted by Crippen LogP contribution is -2.32. The smallest absolute Gasteiger partial charge is 0.240 e. The second-order valence-corrected chi connectivity index (χ2v) is 9.35. The van der Waals surface area contributed by atoms with Crippen LogP contribution < -0.4 is 15.0 Å². The summed E-state index contributed by atoms with van der Waals surface area (Å²) in [5.41, 5.74) is 0.727. The van der Waals surface area contributed by atoms with Crippen molar-refractivity contribution in [1.82, 2.24) is 9.97 Å². The van der Waals surface area contributed by atoms with Crippen molar-refractivity contribution >= 4 is 44.3 Å². The lowest BCUT2D eigenvalue weighted by atomic mass is 10.1. The van der Waals surface area contributed by atoms with Crippen LogP contribution in [0.15, 0.2) is 47.5 Å². The van der Waals surface area contributed by atoms with E-state index < -0.39 is 10.8 Å². The van der Waals surface area contributed by atoms with Crippen molar-refractivity contribution in [1.29, 1.82) is 0 Å². The van der Waals surface area contributed by atoms with E-state index in [1.807, 2.05) is 36.4 Å². The second kappa shape index (κ2) is 9.00. The standard InChI is InChI=1S/C22H23ClN4O3S/c23-15-1-3-17(4-2-15)30-18-5-10-27(11-6-18)22-25-19-9-14-31(28)20(19)21(26-22)24-16-7-12-29-13-8-16/h1-5,9,14,16H,6-8,10-13H2,(H,24,25,26). The van der Waals surface area contributed by atoms with Crippen molar-refractivity contribution in [2.45, 2.75) is 25.3 Å². The predicted octanol–water partition coefficient (Wildman–Crippen LogP) is 4.77. The molecule has 2 aliphatic heterocycles. The Morgan fingerprint density at radius 3 is 2.71 bits per heavy atom. The maximum atomic E-state index is 12.5. The van der Waals surface area contributed by atoms with Gasteiger partial charge in [-0.05, 0) is 53.9 Å². The van der Waals surface area contributed by atoms with Crippen molar-refractivity contribution in [2.75, 3.05) is 36.5 Å². The summed E-state index contributed by atoms with van der Waals surface area (Å²) < 4.78 is 24.6. The van der Waals surface area contributed by atoms with Crippen molar-refractivity contribution in [3.63, 3.8) is 0 Å². The highest BCUT2D eigenvalue weighted by molar-refractivity contribution is 7.30. The number of nitrogens with one attached hydrogen (secondary N) is 1. The third-order valence-corrected chi connectivity index (χ3v) is 6.95. The molecule has 0 bridgehead atoms. The Morgan fingerprint density at radius 1 is 1.16 bits per heavy atom. The number of thiophene rings is 1. The van der Waals surface area contributed by atoms with Crippen LogP contribution in [0.25, 0.3) is 10.2 Å². The summed E-state index contributed by atoms with van der Waals surface area (Å²) in [5, 5.41) is 5.85. The van der Waals surface area contributed by atoms with Gasteiger partial charge in [0.1, 0.15) is 22.4 Å². The quantitative estimate of drug-likeness (QED) is 0.551. The molecule has 5 rings (SSSR count). The number of nitrogens with zero attached hydrogens (tertiary/aromatic N) is 3. The number of fused-ring (bicyclic) bond motifs is 1. The fourth-order valence-electron chi connectivity index (χ4n) is 3.81. The molecule has 1 unspecified atom stereocenters. The van der Waals surface area contributed by atoms with E-state index in [0.717, 1.165) is 56.0 Å². The molecular weight excluding hydrogens is 436 g/mol. The van der Waals surface area contributed by atoms with E-state index in [-0.39, 0.29) is 6.04 Å². The molecule has 0 radical (unpaired) electrons. The summed E-state index contributed by atoms with van der Waals surface area (Å²) in [5.74, 6) is 3.00. The average Bonchev–Trinajstić information content (AvgIpc) is 3.17. The van der Waals surface area contributed by atoms with Crippen molar-refractivity contribution in [2.24, 2.45) is 0 Å². The zero-order valence-electron chi connectivity index (χ0n) is 16.9. The normalized spacial score (nSPS) is 18.2. The molecule has 0 amide bonds. The summed E-state index contributed by atoms with van der Waals surface area (Å²) in [6.07, 6.45) is 4.61. The minimum Gasteiger partial charge on any atom is -0.590 e. The van der Waals surface area contributed by atoms with Crippen molar-refractivity contribution in [3.8, 4) is 5.75 Å². The van der Waals surface area contributed by atoms with Gasteiger partial charge in [0.15, 0.2) is 5.82 Å². The summed E-state index contributed by atoms with van der Waals surface area (Å²) in [4.78, 5) is 11.6. The molecule has 31 heavy (non-hydrogen) atoms. The third-order valence-electron chi connectivity index (χ3n) is 5.51. The Labute approximate surface area is 188 Å². The summed E-state index contributed by atoms with van der Waals surface area (Å²) >= 11 is 5.94. The lowest BCUT2D eigenvalue weighted by Gasteiger charge is -2.27. The largest absolute Gasteiger partial charge is 0.590 e. The van der Waals surface area contributed by atoms with E-state index >= 15 is 0 Å². The molecule has 162 valence electrons. The number of rotatable bonds is 5. The van der Waals surface area contributed by atoms with Crippen LogP contribution >= 0.6 is 22.4 Å². The number of benzene rings is 1. The molecule has 0 spiro atoms. The van der Waals surface area contributed by atoms with Crippen LogP contribution in [0.5, 0.6) is 5.75 Å². The molecule has 9 heteroatoms. The molecular formula is C22H23ClN4O3S. The first-order chi connectivity index (χ1) is 15.2. The van der Waals surface area contributed by atoms with Gasteiger partial charge in [0, 0.05) is 49.9 Å². The van der Waals surface area contributed by atoms with E-state index in [1.54, 1.807) is 5.38 Å². The second-order valence-electron chi connectivity index (χ2n) is 7.64. The highest BCUT2D eigenvalue weighted by Crippen LogP contribution is 2.35. The van der Waals surface area contributed by atoms with Crippen molar-refractivity contribution < 1.29 is 14.0 Å². The van der Waals surface area contributed by atoms with E-state index in [9.17, 15) is 4.55 Å². The van der Waals surface area contributed by atoms with Gasteiger partial charge in [-0.25, -0.2) is 4.98 Å². The van der Waals surface area contributed by atoms with Gasteiger partial charge in [-0.15, -0.1) is 0 Å². The molecule has 1 saturated heterocycles. The molecule has 4 heterocycles. The molecule has 1 aromatic carbocycles. The monoisotopic (exact) mass is 458 g/mol. The Bertz CT molecular complexity index is 1100. The number of hydrogen-bond donors (Lipinski definition) is 1. The maximum Gasteiger partial charge on any atom is 0.240 e. The molecule has 3 aromatic rings. The average molecular weight is 459 g/mol. The maximum absolute atomic E-state index is 12.5. The van der Waals surface area contributed by atoms with Crippen LogP contribution in [-0.2, 0) is 4.74 Å². The van der Waals surface area contributed by atoms with Gasteiger partial charge >= 0.3 is 0 Å². The molecule has 7 nitrogen and oxygen atoms in total. The number of anilines is 2. The molecule has 2 aliphatic rings. The van der Waals surface area contributed by atoms with E-state index in [2.05, 4.69) is 15.2 Å². The Kier molecular flexibility index (Phi) is 5.95. The van der Waals surface area contributed by atoms with Gasteiger partial charge in [0.25, 0.3) is 0 Å². The molecule has 1 fully saturated rings. The summed E-state index contributed by atoms with van der Waals surface area (Å²) in [7, 11) is -1.22. The van der Waals surface area contributed by atoms with Gasteiger partial charge < -0.3 is 24.2 Å². The van der Waals surface area contributed by atoms with Gasteiger partial charge in [0.05, 0.1) is 0 Å². The lowest BCUT2D eigenvalue weighted by molar-refractivity contribution is 0.0904. The zero-order valence-corrected chi connectivity index (χ0v) is 18.5. The minimum atomic E-state index is -1.22. The Balaban J connectivity index is 1.35. The van der Waals surface area contributed by atoms with Crippen molar-refractivity contribution in [3.05, 3.63) is 52.6 Å². The first-order valence-corrected chi connectivity index (χ1v) is 12.0. The predicted molar refractivity (Wildman–Crippen MR) is 123 cm³/mol. The van der Waals surface area contributed by atoms with Gasteiger partial charge in [-0.2, -0.15) is 4.98 Å². The minimum absolute atomic E-state index is 0.263. The van der Waals surface area contributed by atoms with Crippen LogP contribution in [0.2, 0.25) is 5.02 Å². The molecule has 1 atom stereocenters. The number of halogens is 1. The highest BCUT2D eigenvalue weighted by Gasteiger charge is 2.24. The fraction of sp³-hybridized carbons (Fsp3) is 0.364. The Morgan fingerprint density at radius 2 is 1.97 bits per heavy atom. The number of hydrogen-bond acceptors (Lipinski definition) is 7. The number of aromatic nitrogens is 2. The number of ether oxygens (including phenoxy) is 2. The molecule has 1 N–H and O–H groups in total. The summed E-state index contributed by atoms with van der Waals surface area (Å²) in [6, 6.07) is 9.43. The van der Waals surface area contributed by atoms with E-state index in [1.165, 1.54) is 0 Å². The van der Waals surface area contributed by atoms with E-state index in [0.29, 0.717) is 28.0 Å². The molecule has 0 saturated carbocycles. The van der Waals surface area contributed by atoms with Gasteiger partial charge in [-0.1, -0.05) is 11.6 Å². The molecule has 0 aliphatic carbocycles. The fourth-order valence-corrected chi connectivity index (χ4v) is 4.94. The highest BCUT2D eigenvalue weighted by atomic mass is 35.5. The SMILES string of the molecule is [O-][s+]1ccc2nc(N3CC=C(Oc4ccc(Cl)cc4)CC3)nc(NC3CCOCC3)c21. The van der Waals surface area contributed by atoms with Crippen LogP contribution in [0.3, 0.4) is 0 Å². The van der Waals surface area contributed by atoms with Crippen LogP contribution in [0, 0.1) is 0 Å². The summed E-state index contributed by atoms with van der Waals surface area (Å²) in [6.45, 7) is 2.84. The van der Waals surface area contributed by atoms with Gasteiger partial charge in [-0.3, -0.25) is 0 Å². The first-order valence-electron chi connectivity index (χ1n) is 10.4. The topological polar surface area (TPSA) is 82.6 Å². The zero-order chi connectivity index (χ0) is 21.2. The van der Waals surface area contributed by atoms with Crippen LogP contribution in [0.1, 0.15) is 19.3 Å². The third kappa shape index (κ3) is 4.62. The first kappa shape index (κ1) is 20.5. The van der Waals surface area contributed by atoms with Crippen LogP contribution in [0.4, 0.5) is 11.8 Å². The Hall–Kier alpha value is -2.39. The van der Waals surface area contributed by atoms with E-state index in [4.69, 9.17) is 26.1 Å². The molecule has 2 aromatic heterocycles. The van der Waals surface area contributed by atoms with Crippen LogP contribution in [-0.4, -0.2) is 46.9 Å². The van der Waals surface area contributed by atoms with Gasteiger partial charge in [0.2, 0.25) is 10.6 Å².